The Labute approximate surface area is 154 Å². The number of alkyl carbamates (subject to hydrolysis) is 1. The molecular formula is C15H24N6O6. The topological polar surface area (TPSA) is 195 Å². The molecule has 1 aromatic heterocycles. The van der Waals surface area contributed by atoms with Crippen LogP contribution < -0.4 is 28.0 Å². The van der Waals surface area contributed by atoms with Crippen molar-refractivity contribution in [2.45, 2.75) is 38.3 Å². The predicted molar refractivity (Wildman–Crippen MR) is 96.4 cm³/mol. The number of unbranched alkanes of at least 4 members (excludes halogenated alkanes) is 2. The number of hydrogen-bond donors (Lipinski definition) is 5. The van der Waals surface area contributed by atoms with E-state index in [9.17, 15) is 19.2 Å². The summed E-state index contributed by atoms with van der Waals surface area (Å²) in [5.74, 6) is -1.38. The lowest BCUT2D eigenvalue weighted by molar-refractivity contribution is -0.139. The molecule has 0 saturated carbocycles. The Morgan fingerprint density at radius 1 is 1.30 bits per heavy atom. The van der Waals surface area contributed by atoms with Crippen LogP contribution in [0.15, 0.2) is 26.8 Å². The van der Waals surface area contributed by atoms with E-state index >= 15 is 0 Å². The molecule has 1 heterocycles. The zero-order chi connectivity index (χ0) is 20.2. The van der Waals surface area contributed by atoms with Gasteiger partial charge in [-0.3, -0.25) is 14.8 Å². The van der Waals surface area contributed by atoms with Gasteiger partial charge in [0.15, 0.2) is 5.96 Å². The quantitative estimate of drug-likeness (QED) is 0.173. The minimum absolute atomic E-state index is 0.0241. The van der Waals surface area contributed by atoms with Gasteiger partial charge in [-0.05, 0) is 25.7 Å². The number of hydrogen-bond acceptors (Lipinski definition) is 6. The summed E-state index contributed by atoms with van der Waals surface area (Å²) in [6, 6.07) is 0.105. The minimum Gasteiger partial charge on any atom is -0.480 e. The Bertz CT molecular complexity index is 767. The summed E-state index contributed by atoms with van der Waals surface area (Å²) in [6.45, 7) is 0.587. The number of carbonyl (C=O) groups is 2. The number of H-pyrrole nitrogens is 1. The number of guanidine groups is 1. The smallest absolute Gasteiger partial charge is 0.407 e. The number of nitrogens with two attached hydrogens (primary N) is 2. The van der Waals surface area contributed by atoms with Crippen molar-refractivity contribution in [1.29, 1.82) is 0 Å². The number of aryl methyl sites for hydroxylation is 1. The van der Waals surface area contributed by atoms with Crippen molar-refractivity contribution in [3.8, 4) is 0 Å². The molecule has 0 aliphatic carbocycles. The lowest BCUT2D eigenvalue weighted by Gasteiger charge is -2.13. The Balaban J connectivity index is 2.23. The van der Waals surface area contributed by atoms with Crippen LogP contribution >= 0.6 is 0 Å². The highest BCUT2D eigenvalue weighted by atomic mass is 16.5. The van der Waals surface area contributed by atoms with Crippen LogP contribution in [0.3, 0.4) is 0 Å². The fourth-order valence-corrected chi connectivity index (χ4v) is 2.11. The number of ether oxygens (including phenoxy) is 1. The molecule has 0 aromatic carbocycles. The van der Waals surface area contributed by atoms with Gasteiger partial charge in [0.25, 0.3) is 5.56 Å². The van der Waals surface area contributed by atoms with E-state index in [0.717, 1.165) is 0 Å². The monoisotopic (exact) mass is 384 g/mol. The van der Waals surface area contributed by atoms with E-state index in [-0.39, 0.29) is 25.5 Å². The summed E-state index contributed by atoms with van der Waals surface area (Å²) in [6.07, 6.45) is 2.45. The molecule has 0 radical (unpaired) electrons. The largest absolute Gasteiger partial charge is 0.480 e. The van der Waals surface area contributed by atoms with Crippen LogP contribution in [-0.4, -0.2) is 51.9 Å². The van der Waals surface area contributed by atoms with Crippen LogP contribution in [0.1, 0.15) is 25.7 Å². The first-order chi connectivity index (χ1) is 12.8. The number of amides is 1. The molecule has 0 spiro atoms. The molecule has 1 atom stereocenters. The highest BCUT2D eigenvalue weighted by molar-refractivity contribution is 5.80. The van der Waals surface area contributed by atoms with E-state index in [4.69, 9.17) is 21.3 Å². The fourth-order valence-electron chi connectivity index (χ4n) is 2.11. The van der Waals surface area contributed by atoms with Crippen molar-refractivity contribution < 1.29 is 19.4 Å². The van der Waals surface area contributed by atoms with E-state index in [1.54, 1.807) is 0 Å². The summed E-state index contributed by atoms with van der Waals surface area (Å²) in [7, 11) is 0. The van der Waals surface area contributed by atoms with Crippen LogP contribution in [0.4, 0.5) is 4.79 Å². The third-order valence-electron chi connectivity index (χ3n) is 3.48. The zero-order valence-corrected chi connectivity index (χ0v) is 14.7. The second-order valence-corrected chi connectivity index (χ2v) is 5.63. The van der Waals surface area contributed by atoms with Gasteiger partial charge in [-0.2, -0.15) is 0 Å². The van der Waals surface area contributed by atoms with Crippen LogP contribution in [0, 0.1) is 0 Å². The number of aromatic nitrogens is 2. The van der Waals surface area contributed by atoms with Crippen molar-refractivity contribution in [3.63, 3.8) is 0 Å². The number of carbonyl (C=O) groups excluding carboxylic acids is 1. The number of carboxylic acid groups (broad SMARTS) is 1. The van der Waals surface area contributed by atoms with Gasteiger partial charge in [0.2, 0.25) is 0 Å². The second-order valence-electron chi connectivity index (χ2n) is 5.63. The molecule has 12 nitrogen and oxygen atoms in total. The van der Waals surface area contributed by atoms with E-state index in [0.29, 0.717) is 25.8 Å². The molecule has 1 aromatic rings. The molecule has 7 N–H and O–H groups in total. The number of aliphatic carboxylic acids is 1. The van der Waals surface area contributed by atoms with Crippen molar-refractivity contribution in [2.75, 3.05) is 13.2 Å². The standard InChI is InChI=1S/C15H24N6O6/c16-13(17)18-6-4-10(12(23)24)19-15(26)27-9-3-1-2-7-21-8-5-11(22)20-14(21)25/h5,8,10H,1-4,6-7,9H2,(H,19,26)(H,23,24)(H4,16,17,18)(H,20,22,25)/t10-/m1/s1. The summed E-state index contributed by atoms with van der Waals surface area (Å²) in [5, 5.41) is 11.3. The average molecular weight is 384 g/mol. The summed E-state index contributed by atoms with van der Waals surface area (Å²) in [5.41, 5.74) is 9.37. The molecule has 0 saturated heterocycles. The molecule has 1 rings (SSSR count). The molecule has 12 heteroatoms. The molecule has 0 bridgehead atoms. The van der Waals surface area contributed by atoms with E-state index < -0.39 is 29.4 Å². The maximum atomic E-state index is 11.6. The van der Waals surface area contributed by atoms with Gasteiger partial charge in [-0.25, -0.2) is 14.4 Å². The lowest BCUT2D eigenvalue weighted by atomic mass is 10.2. The Morgan fingerprint density at radius 3 is 2.67 bits per heavy atom. The molecule has 150 valence electrons. The molecule has 27 heavy (non-hydrogen) atoms. The number of carboxylic acids is 1. The van der Waals surface area contributed by atoms with Gasteiger partial charge in [0.1, 0.15) is 6.04 Å². The maximum absolute atomic E-state index is 11.6. The second kappa shape index (κ2) is 11.3. The number of nitrogens with zero attached hydrogens (tertiary/aromatic N) is 2. The zero-order valence-electron chi connectivity index (χ0n) is 14.7. The maximum Gasteiger partial charge on any atom is 0.407 e. The SMILES string of the molecule is NC(N)=NCC[C@@H](NC(=O)OCCCCCn1ccc(=O)[nH]c1=O)C(=O)O. The van der Waals surface area contributed by atoms with Gasteiger partial charge in [-0.1, -0.05) is 0 Å². The number of aliphatic imine (C=N–C) groups is 1. The van der Waals surface area contributed by atoms with Gasteiger partial charge < -0.3 is 31.2 Å². The van der Waals surface area contributed by atoms with Crippen molar-refractivity contribution in [2.24, 2.45) is 16.5 Å². The molecule has 1 amide bonds. The van der Waals surface area contributed by atoms with Crippen molar-refractivity contribution in [1.82, 2.24) is 14.9 Å². The molecule has 0 unspecified atom stereocenters. The van der Waals surface area contributed by atoms with E-state index in [1.165, 1.54) is 16.8 Å². The molecular weight excluding hydrogens is 360 g/mol. The summed E-state index contributed by atoms with van der Waals surface area (Å²) in [4.78, 5) is 50.9. The van der Waals surface area contributed by atoms with Crippen molar-refractivity contribution in [3.05, 3.63) is 33.1 Å². The van der Waals surface area contributed by atoms with Gasteiger partial charge in [0, 0.05) is 25.4 Å². The first kappa shape index (κ1) is 21.7. The summed E-state index contributed by atoms with van der Waals surface area (Å²) >= 11 is 0. The third-order valence-corrected chi connectivity index (χ3v) is 3.48. The molecule has 0 aliphatic rings. The van der Waals surface area contributed by atoms with Gasteiger partial charge >= 0.3 is 17.8 Å². The Morgan fingerprint density at radius 2 is 2.04 bits per heavy atom. The highest BCUT2D eigenvalue weighted by Gasteiger charge is 2.20. The summed E-state index contributed by atoms with van der Waals surface area (Å²) < 4.78 is 6.31. The van der Waals surface area contributed by atoms with Crippen LogP contribution in [-0.2, 0) is 16.1 Å². The predicted octanol–water partition coefficient (Wildman–Crippen LogP) is -1.45. The van der Waals surface area contributed by atoms with Crippen molar-refractivity contribution >= 4 is 18.0 Å². The number of nitrogens with one attached hydrogen (secondary N) is 2. The van der Waals surface area contributed by atoms with Crippen LogP contribution in [0.25, 0.3) is 0 Å². The van der Waals surface area contributed by atoms with Gasteiger partial charge in [0.05, 0.1) is 6.61 Å². The van der Waals surface area contributed by atoms with Crippen LogP contribution in [0.5, 0.6) is 0 Å². The average Bonchev–Trinajstić information content (AvgIpc) is 2.58. The molecule has 0 aliphatic heterocycles. The van der Waals surface area contributed by atoms with E-state index in [1.807, 2.05) is 0 Å². The molecule has 0 fully saturated rings. The first-order valence-corrected chi connectivity index (χ1v) is 8.31. The van der Waals surface area contributed by atoms with Gasteiger partial charge in [-0.15, -0.1) is 0 Å². The lowest BCUT2D eigenvalue weighted by Crippen LogP contribution is -2.41. The van der Waals surface area contributed by atoms with E-state index in [2.05, 4.69) is 15.3 Å². The first-order valence-electron chi connectivity index (χ1n) is 8.31. The Kier molecular flexibility index (Phi) is 9.12. The van der Waals surface area contributed by atoms with Crippen LogP contribution in [0.2, 0.25) is 0 Å². The fraction of sp³-hybridized carbons (Fsp3) is 0.533. The number of rotatable bonds is 11. The third kappa shape index (κ3) is 9.09. The number of aromatic amines is 1. The minimum atomic E-state index is -1.22. The Hall–Kier alpha value is -3.31. The highest BCUT2D eigenvalue weighted by Crippen LogP contribution is 1.99. The normalized spacial score (nSPS) is 11.4.